The molecule has 0 spiro atoms. The van der Waals surface area contributed by atoms with E-state index in [9.17, 15) is 4.79 Å². The molecule has 0 fully saturated rings. The van der Waals surface area contributed by atoms with Crippen molar-refractivity contribution in [3.05, 3.63) is 48.2 Å². The SMILES string of the molecule is COCCn1cc(CC(=O)Nc2cc(OC)c(OC)c(OC)c2)c2ccccc21. The number of carbonyl (C=O) groups is 1. The van der Waals surface area contributed by atoms with Crippen molar-refractivity contribution in [3.63, 3.8) is 0 Å². The number of ether oxygens (including phenoxy) is 4. The lowest BCUT2D eigenvalue weighted by molar-refractivity contribution is -0.115. The lowest BCUT2D eigenvalue weighted by Crippen LogP contribution is -2.14. The van der Waals surface area contributed by atoms with E-state index in [0.717, 1.165) is 23.0 Å². The normalized spacial score (nSPS) is 10.8. The standard InChI is InChI=1S/C22H26N2O5/c1-26-10-9-24-14-15(17-7-5-6-8-18(17)24)11-21(25)23-16-12-19(27-2)22(29-4)20(13-16)28-3/h5-8,12-14H,9-11H2,1-4H3,(H,23,25). The van der Waals surface area contributed by atoms with Crippen LogP contribution in [-0.2, 0) is 22.5 Å². The summed E-state index contributed by atoms with van der Waals surface area (Å²) in [6, 6.07) is 11.5. The van der Waals surface area contributed by atoms with E-state index in [2.05, 4.69) is 9.88 Å². The summed E-state index contributed by atoms with van der Waals surface area (Å²) >= 11 is 0. The molecule has 0 atom stereocenters. The van der Waals surface area contributed by atoms with Gasteiger partial charge in [0, 0.05) is 48.6 Å². The zero-order valence-electron chi connectivity index (χ0n) is 17.2. The number of nitrogens with zero attached hydrogens (tertiary/aromatic N) is 1. The number of benzene rings is 2. The average molecular weight is 398 g/mol. The third-order valence-electron chi connectivity index (χ3n) is 4.71. The van der Waals surface area contributed by atoms with Crippen LogP contribution in [0.2, 0.25) is 0 Å². The number of anilines is 1. The number of amides is 1. The van der Waals surface area contributed by atoms with Gasteiger partial charge in [-0.25, -0.2) is 0 Å². The third-order valence-corrected chi connectivity index (χ3v) is 4.71. The van der Waals surface area contributed by atoms with Gasteiger partial charge in [-0.1, -0.05) is 18.2 Å². The van der Waals surface area contributed by atoms with Gasteiger partial charge in [0.05, 0.1) is 34.4 Å². The van der Waals surface area contributed by atoms with Gasteiger partial charge >= 0.3 is 0 Å². The third kappa shape index (κ3) is 4.46. The van der Waals surface area contributed by atoms with Gasteiger partial charge in [0.15, 0.2) is 11.5 Å². The fourth-order valence-corrected chi connectivity index (χ4v) is 3.37. The van der Waals surface area contributed by atoms with Crippen molar-refractivity contribution in [1.29, 1.82) is 0 Å². The average Bonchev–Trinajstić information content (AvgIpc) is 3.08. The minimum absolute atomic E-state index is 0.131. The highest BCUT2D eigenvalue weighted by molar-refractivity contribution is 5.96. The van der Waals surface area contributed by atoms with E-state index < -0.39 is 0 Å². The summed E-state index contributed by atoms with van der Waals surface area (Å²) in [6.45, 7) is 1.33. The number of nitrogens with one attached hydrogen (secondary N) is 1. The molecular formula is C22H26N2O5. The summed E-state index contributed by atoms with van der Waals surface area (Å²) in [5.41, 5.74) is 2.62. The van der Waals surface area contributed by atoms with Crippen molar-refractivity contribution < 1.29 is 23.7 Å². The molecule has 7 heteroatoms. The summed E-state index contributed by atoms with van der Waals surface area (Å²) in [5, 5.41) is 3.98. The van der Waals surface area contributed by atoms with Gasteiger partial charge in [0.1, 0.15) is 0 Å². The number of carbonyl (C=O) groups excluding carboxylic acids is 1. The van der Waals surface area contributed by atoms with Gasteiger partial charge in [-0.05, 0) is 11.6 Å². The Balaban J connectivity index is 1.83. The first-order valence-electron chi connectivity index (χ1n) is 9.26. The van der Waals surface area contributed by atoms with E-state index in [-0.39, 0.29) is 12.3 Å². The summed E-state index contributed by atoms with van der Waals surface area (Å²) < 4.78 is 23.3. The Labute approximate surface area is 170 Å². The molecule has 0 bridgehead atoms. The van der Waals surface area contributed by atoms with Gasteiger partial charge in [0.25, 0.3) is 0 Å². The number of para-hydroxylation sites is 1. The van der Waals surface area contributed by atoms with Crippen molar-refractivity contribution in [1.82, 2.24) is 4.57 Å². The molecule has 0 saturated carbocycles. The van der Waals surface area contributed by atoms with Gasteiger partial charge < -0.3 is 28.8 Å². The molecule has 0 saturated heterocycles. The van der Waals surface area contributed by atoms with Gasteiger partial charge in [0.2, 0.25) is 11.7 Å². The molecule has 1 heterocycles. The zero-order valence-corrected chi connectivity index (χ0v) is 17.2. The molecule has 7 nitrogen and oxygen atoms in total. The molecule has 1 N–H and O–H groups in total. The van der Waals surface area contributed by atoms with Crippen LogP contribution < -0.4 is 19.5 Å². The molecule has 154 valence electrons. The van der Waals surface area contributed by atoms with E-state index in [4.69, 9.17) is 18.9 Å². The minimum Gasteiger partial charge on any atom is -0.493 e. The van der Waals surface area contributed by atoms with Crippen LogP contribution in [0.5, 0.6) is 17.2 Å². The maximum atomic E-state index is 12.7. The maximum Gasteiger partial charge on any atom is 0.228 e. The fraction of sp³-hybridized carbons (Fsp3) is 0.318. The van der Waals surface area contributed by atoms with E-state index in [1.807, 2.05) is 30.5 Å². The van der Waals surface area contributed by atoms with E-state index in [0.29, 0.717) is 29.5 Å². The second-order valence-electron chi connectivity index (χ2n) is 6.50. The van der Waals surface area contributed by atoms with E-state index in [1.54, 1.807) is 19.2 Å². The largest absolute Gasteiger partial charge is 0.493 e. The molecule has 2 aromatic carbocycles. The summed E-state index contributed by atoms with van der Waals surface area (Å²) in [5.74, 6) is 1.32. The number of hydrogen-bond acceptors (Lipinski definition) is 5. The Morgan fingerprint density at radius 2 is 1.69 bits per heavy atom. The smallest absolute Gasteiger partial charge is 0.228 e. The van der Waals surface area contributed by atoms with E-state index in [1.165, 1.54) is 21.3 Å². The van der Waals surface area contributed by atoms with Crippen LogP contribution in [0, 0.1) is 0 Å². The first-order valence-corrected chi connectivity index (χ1v) is 9.26. The van der Waals surface area contributed by atoms with Crippen molar-refractivity contribution >= 4 is 22.5 Å². The molecule has 29 heavy (non-hydrogen) atoms. The predicted octanol–water partition coefficient (Wildman–Crippen LogP) is 3.49. The Bertz CT molecular complexity index is 971. The minimum atomic E-state index is -0.131. The topological polar surface area (TPSA) is 71.0 Å². The molecule has 0 aliphatic rings. The number of rotatable bonds is 9. The molecule has 3 aromatic rings. The molecule has 3 rings (SSSR count). The molecule has 1 aromatic heterocycles. The van der Waals surface area contributed by atoms with Crippen LogP contribution in [-0.4, -0.2) is 45.5 Å². The second kappa shape index (κ2) is 9.34. The first-order chi connectivity index (χ1) is 14.1. The van der Waals surface area contributed by atoms with Crippen molar-refractivity contribution in [3.8, 4) is 17.2 Å². The molecule has 0 aliphatic heterocycles. The van der Waals surface area contributed by atoms with Crippen molar-refractivity contribution in [2.24, 2.45) is 0 Å². The van der Waals surface area contributed by atoms with E-state index >= 15 is 0 Å². The van der Waals surface area contributed by atoms with Gasteiger partial charge in [-0.3, -0.25) is 4.79 Å². The van der Waals surface area contributed by atoms with Crippen molar-refractivity contribution in [2.45, 2.75) is 13.0 Å². The highest BCUT2D eigenvalue weighted by Crippen LogP contribution is 2.40. The summed E-state index contributed by atoms with van der Waals surface area (Å²) in [7, 11) is 6.30. The first kappa shape index (κ1) is 20.5. The lowest BCUT2D eigenvalue weighted by Gasteiger charge is -2.14. The Morgan fingerprint density at radius 1 is 1.00 bits per heavy atom. The van der Waals surface area contributed by atoms with Gasteiger partial charge in [-0.15, -0.1) is 0 Å². The van der Waals surface area contributed by atoms with Crippen LogP contribution in [0.1, 0.15) is 5.56 Å². The number of aromatic nitrogens is 1. The maximum absolute atomic E-state index is 12.7. The summed E-state index contributed by atoms with van der Waals surface area (Å²) in [6.07, 6.45) is 2.26. The molecule has 1 amide bonds. The van der Waals surface area contributed by atoms with Crippen LogP contribution in [0.4, 0.5) is 5.69 Å². The highest BCUT2D eigenvalue weighted by Gasteiger charge is 2.16. The number of methoxy groups -OCH3 is 4. The number of fused-ring (bicyclic) bond motifs is 1. The second-order valence-corrected chi connectivity index (χ2v) is 6.50. The monoisotopic (exact) mass is 398 g/mol. The van der Waals surface area contributed by atoms with Gasteiger partial charge in [-0.2, -0.15) is 0 Å². The Morgan fingerprint density at radius 3 is 2.31 bits per heavy atom. The van der Waals surface area contributed by atoms with Crippen LogP contribution in [0.3, 0.4) is 0 Å². The Hall–Kier alpha value is -3.19. The van der Waals surface area contributed by atoms with Crippen LogP contribution in [0.25, 0.3) is 10.9 Å². The predicted molar refractivity (Wildman–Crippen MR) is 112 cm³/mol. The zero-order chi connectivity index (χ0) is 20.8. The van der Waals surface area contributed by atoms with Crippen LogP contribution in [0.15, 0.2) is 42.6 Å². The fourth-order valence-electron chi connectivity index (χ4n) is 3.37. The lowest BCUT2D eigenvalue weighted by atomic mass is 10.1. The van der Waals surface area contributed by atoms with Crippen molar-refractivity contribution in [2.75, 3.05) is 40.4 Å². The summed E-state index contributed by atoms with van der Waals surface area (Å²) in [4.78, 5) is 12.7. The highest BCUT2D eigenvalue weighted by atomic mass is 16.5. The molecule has 0 unspecified atom stereocenters. The quantitative estimate of drug-likeness (QED) is 0.597. The molecule has 0 radical (unpaired) electrons. The molecule has 0 aliphatic carbocycles. The molecular weight excluding hydrogens is 372 g/mol. The Kier molecular flexibility index (Phi) is 6.61. The number of hydrogen-bond donors (Lipinski definition) is 1. The van der Waals surface area contributed by atoms with Crippen LogP contribution >= 0.6 is 0 Å².